The second-order valence-electron chi connectivity index (χ2n) is 6.95. The van der Waals surface area contributed by atoms with Crippen LogP contribution in [0, 0.1) is 0 Å². The Morgan fingerprint density at radius 1 is 0.821 bits per heavy atom. The summed E-state index contributed by atoms with van der Waals surface area (Å²) in [6.45, 7) is 0.702. The summed E-state index contributed by atoms with van der Waals surface area (Å²) in [5.41, 5.74) is 3.30. The second-order valence-corrected chi connectivity index (χ2v) is 6.95. The van der Waals surface area contributed by atoms with Gasteiger partial charge in [-0.2, -0.15) is 0 Å². The Balaban J connectivity index is 1.33. The monoisotopic (exact) mass is 373 g/mol. The Kier molecular flexibility index (Phi) is 7.80. The Hall–Kier alpha value is -2.94. The van der Waals surface area contributed by atoms with E-state index in [2.05, 4.69) is 23.2 Å². The SMILES string of the molecule is O=C(CCCCCCOc1ccccc1-c1ccccc1)Cc1cccnc1. The van der Waals surface area contributed by atoms with E-state index >= 15 is 0 Å². The van der Waals surface area contributed by atoms with Crippen LogP contribution < -0.4 is 4.74 Å². The van der Waals surface area contributed by atoms with Crippen LogP contribution >= 0.6 is 0 Å². The van der Waals surface area contributed by atoms with Gasteiger partial charge in [-0.05, 0) is 36.1 Å². The molecule has 1 heterocycles. The zero-order valence-electron chi connectivity index (χ0n) is 16.2. The highest BCUT2D eigenvalue weighted by molar-refractivity contribution is 5.80. The molecule has 0 bridgehead atoms. The Labute approximate surface area is 167 Å². The molecule has 0 amide bonds. The summed E-state index contributed by atoms with van der Waals surface area (Å²) in [7, 11) is 0. The molecule has 0 spiro atoms. The van der Waals surface area contributed by atoms with Crippen LogP contribution in [0.15, 0.2) is 79.1 Å². The molecule has 0 aliphatic carbocycles. The fraction of sp³-hybridized carbons (Fsp3) is 0.280. The number of unbranched alkanes of at least 4 members (excludes halogenated alkanes) is 3. The molecule has 0 unspecified atom stereocenters. The van der Waals surface area contributed by atoms with Crippen LogP contribution in [0.4, 0.5) is 0 Å². The number of hydrogen-bond donors (Lipinski definition) is 0. The third-order valence-electron chi connectivity index (χ3n) is 4.70. The minimum atomic E-state index is 0.293. The fourth-order valence-electron chi connectivity index (χ4n) is 3.23. The van der Waals surface area contributed by atoms with E-state index in [1.165, 1.54) is 5.56 Å². The smallest absolute Gasteiger partial charge is 0.137 e. The maximum Gasteiger partial charge on any atom is 0.137 e. The maximum atomic E-state index is 12.0. The number of nitrogens with zero attached hydrogens (tertiary/aromatic N) is 1. The van der Waals surface area contributed by atoms with Crippen LogP contribution in [0.3, 0.4) is 0 Å². The van der Waals surface area contributed by atoms with Gasteiger partial charge in [0.1, 0.15) is 11.5 Å². The number of rotatable bonds is 11. The Morgan fingerprint density at radius 2 is 1.61 bits per heavy atom. The van der Waals surface area contributed by atoms with Crippen molar-refractivity contribution in [1.82, 2.24) is 4.98 Å². The van der Waals surface area contributed by atoms with Crippen LogP contribution in [0.2, 0.25) is 0 Å². The lowest BCUT2D eigenvalue weighted by Crippen LogP contribution is -2.03. The van der Waals surface area contributed by atoms with Gasteiger partial charge >= 0.3 is 0 Å². The highest BCUT2D eigenvalue weighted by Gasteiger charge is 2.06. The van der Waals surface area contributed by atoms with E-state index in [4.69, 9.17) is 4.74 Å². The van der Waals surface area contributed by atoms with Crippen LogP contribution in [-0.2, 0) is 11.2 Å². The van der Waals surface area contributed by atoms with Gasteiger partial charge in [0, 0.05) is 30.8 Å². The highest BCUT2D eigenvalue weighted by atomic mass is 16.5. The molecule has 0 aliphatic heterocycles. The summed E-state index contributed by atoms with van der Waals surface area (Å²) in [5.74, 6) is 1.22. The third-order valence-corrected chi connectivity index (χ3v) is 4.70. The number of carbonyl (C=O) groups excluding carboxylic acids is 1. The molecule has 0 radical (unpaired) electrons. The van der Waals surface area contributed by atoms with Gasteiger partial charge in [-0.25, -0.2) is 0 Å². The number of ether oxygens (including phenoxy) is 1. The van der Waals surface area contributed by atoms with E-state index in [1.54, 1.807) is 12.4 Å². The molecule has 0 atom stereocenters. The minimum Gasteiger partial charge on any atom is -0.493 e. The third kappa shape index (κ3) is 6.34. The van der Waals surface area contributed by atoms with Gasteiger partial charge in [-0.3, -0.25) is 9.78 Å². The molecule has 3 aromatic rings. The molecule has 3 nitrogen and oxygen atoms in total. The van der Waals surface area contributed by atoms with Crippen molar-refractivity contribution in [2.24, 2.45) is 0 Å². The molecule has 144 valence electrons. The van der Waals surface area contributed by atoms with E-state index in [9.17, 15) is 4.79 Å². The summed E-state index contributed by atoms with van der Waals surface area (Å²) in [6, 6.07) is 22.3. The second kappa shape index (κ2) is 11.0. The van der Waals surface area contributed by atoms with E-state index in [1.807, 2.05) is 48.5 Å². The summed E-state index contributed by atoms with van der Waals surface area (Å²) in [6.07, 6.45) is 8.71. The molecular weight excluding hydrogens is 346 g/mol. The van der Waals surface area contributed by atoms with Gasteiger partial charge in [0.15, 0.2) is 0 Å². The first kappa shape index (κ1) is 19.8. The van der Waals surface area contributed by atoms with Gasteiger partial charge in [0.05, 0.1) is 6.61 Å². The highest BCUT2D eigenvalue weighted by Crippen LogP contribution is 2.29. The number of ketones is 1. The van der Waals surface area contributed by atoms with Crippen molar-refractivity contribution in [2.45, 2.75) is 38.5 Å². The maximum absolute atomic E-state index is 12.0. The molecule has 1 aromatic heterocycles. The average Bonchev–Trinajstić information content (AvgIpc) is 2.75. The molecular formula is C25H27NO2. The molecule has 0 aliphatic rings. The largest absolute Gasteiger partial charge is 0.493 e. The average molecular weight is 373 g/mol. The van der Waals surface area contributed by atoms with Crippen molar-refractivity contribution < 1.29 is 9.53 Å². The van der Waals surface area contributed by atoms with Gasteiger partial charge in [-0.1, -0.05) is 67.4 Å². The molecule has 3 heteroatoms. The molecule has 3 rings (SSSR count). The van der Waals surface area contributed by atoms with Gasteiger partial charge in [0.2, 0.25) is 0 Å². The van der Waals surface area contributed by atoms with Crippen molar-refractivity contribution >= 4 is 5.78 Å². The zero-order valence-corrected chi connectivity index (χ0v) is 16.2. The molecule has 2 aromatic carbocycles. The number of carbonyl (C=O) groups is 1. The number of para-hydroxylation sites is 1. The lowest BCUT2D eigenvalue weighted by atomic mass is 10.0. The predicted molar refractivity (Wildman–Crippen MR) is 113 cm³/mol. The number of aromatic nitrogens is 1. The van der Waals surface area contributed by atoms with Crippen molar-refractivity contribution in [3.05, 3.63) is 84.7 Å². The first-order valence-corrected chi connectivity index (χ1v) is 10.0. The fourth-order valence-corrected chi connectivity index (χ4v) is 3.23. The van der Waals surface area contributed by atoms with E-state index in [0.717, 1.165) is 42.6 Å². The lowest BCUT2D eigenvalue weighted by Gasteiger charge is -2.11. The van der Waals surface area contributed by atoms with Gasteiger partial charge in [0.25, 0.3) is 0 Å². The van der Waals surface area contributed by atoms with Crippen LogP contribution in [0.1, 0.15) is 37.7 Å². The molecule has 0 fully saturated rings. The van der Waals surface area contributed by atoms with Crippen LogP contribution in [0.5, 0.6) is 5.75 Å². The number of pyridine rings is 1. The van der Waals surface area contributed by atoms with E-state index in [0.29, 0.717) is 25.2 Å². The molecule has 0 N–H and O–H groups in total. The van der Waals surface area contributed by atoms with Crippen molar-refractivity contribution in [1.29, 1.82) is 0 Å². The summed E-state index contributed by atoms with van der Waals surface area (Å²) >= 11 is 0. The molecule has 0 saturated heterocycles. The standard InChI is InChI=1S/C25H27NO2/c27-23(19-21-11-10-17-26-20-21)14-6-1-2-9-18-28-25-16-8-7-15-24(25)22-12-4-3-5-13-22/h3-5,7-8,10-13,15-17,20H,1-2,6,9,14,18-19H2. The lowest BCUT2D eigenvalue weighted by molar-refractivity contribution is -0.118. The molecule has 28 heavy (non-hydrogen) atoms. The summed E-state index contributed by atoms with van der Waals surface area (Å²) in [5, 5.41) is 0. The summed E-state index contributed by atoms with van der Waals surface area (Å²) in [4.78, 5) is 16.1. The number of benzene rings is 2. The zero-order chi connectivity index (χ0) is 19.4. The topological polar surface area (TPSA) is 39.2 Å². The van der Waals surface area contributed by atoms with Crippen molar-refractivity contribution in [3.63, 3.8) is 0 Å². The minimum absolute atomic E-state index is 0.293. The number of Topliss-reactive ketones (excluding diaryl/α,β-unsaturated/α-hetero) is 1. The predicted octanol–water partition coefficient (Wildman–Crippen LogP) is 5.89. The quantitative estimate of drug-likeness (QED) is 0.393. The van der Waals surface area contributed by atoms with Gasteiger partial charge < -0.3 is 4.74 Å². The normalized spacial score (nSPS) is 10.6. The Bertz CT molecular complexity index is 847. The first-order chi connectivity index (χ1) is 13.8. The van der Waals surface area contributed by atoms with E-state index in [-0.39, 0.29) is 0 Å². The van der Waals surface area contributed by atoms with Crippen molar-refractivity contribution in [2.75, 3.05) is 6.61 Å². The van der Waals surface area contributed by atoms with Crippen LogP contribution in [-0.4, -0.2) is 17.4 Å². The van der Waals surface area contributed by atoms with E-state index < -0.39 is 0 Å². The number of hydrogen-bond acceptors (Lipinski definition) is 3. The van der Waals surface area contributed by atoms with Crippen molar-refractivity contribution in [3.8, 4) is 16.9 Å². The first-order valence-electron chi connectivity index (χ1n) is 10.0. The van der Waals surface area contributed by atoms with Gasteiger partial charge in [-0.15, -0.1) is 0 Å². The summed E-state index contributed by atoms with van der Waals surface area (Å²) < 4.78 is 6.02. The molecule has 0 saturated carbocycles. The Morgan fingerprint density at radius 3 is 2.43 bits per heavy atom. The van der Waals surface area contributed by atoms with Crippen LogP contribution in [0.25, 0.3) is 11.1 Å².